The van der Waals surface area contributed by atoms with Gasteiger partial charge in [0.05, 0.1) is 27.4 Å². The molecule has 0 unspecified atom stereocenters. The Labute approximate surface area is 148 Å². The first kappa shape index (κ1) is 20.3. The molecule has 0 saturated carbocycles. The molecule has 0 aliphatic heterocycles. The van der Waals surface area contributed by atoms with E-state index >= 15 is 0 Å². The van der Waals surface area contributed by atoms with E-state index in [1.165, 1.54) is 6.20 Å². The molecule has 0 fully saturated rings. The molecule has 0 amide bonds. The molecule has 0 bridgehead atoms. The lowest BCUT2D eigenvalue weighted by Gasteiger charge is -2.21. The maximum Gasteiger partial charge on any atom is 0.347 e. The third kappa shape index (κ3) is 5.70. The lowest BCUT2D eigenvalue weighted by Crippen LogP contribution is -2.24. The molecular formula is C18H25NO6. The van der Waals surface area contributed by atoms with E-state index in [9.17, 15) is 9.59 Å². The summed E-state index contributed by atoms with van der Waals surface area (Å²) in [6.45, 7) is 6.05. The number of carbonyl (C=O) groups is 2. The Balaban J connectivity index is 3.31. The molecule has 0 N–H and O–H groups in total. The van der Waals surface area contributed by atoms with Crippen molar-refractivity contribution in [3.05, 3.63) is 30.0 Å². The van der Waals surface area contributed by atoms with E-state index in [-0.39, 0.29) is 18.8 Å². The molecule has 7 nitrogen and oxygen atoms in total. The summed E-state index contributed by atoms with van der Waals surface area (Å²) in [5.41, 5.74) is 0.525. The summed E-state index contributed by atoms with van der Waals surface area (Å²) < 4.78 is 20.4. The van der Waals surface area contributed by atoms with Crippen LogP contribution in [0.3, 0.4) is 0 Å². The molecule has 0 spiro atoms. The number of carbonyl (C=O) groups excluding carboxylic acids is 2. The molecule has 0 heterocycles. The molecule has 0 atom stereocenters. The summed E-state index contributed by atoms with van der Waals surface area (Å²) in [6.07, 6.45) is 1.42. The number of methoxy groups -OCH3 is 2. The minimum atomic E-state index is -0.728. The quantitative estimate of drug-likeness (QED) is 0.293. The van der Waals surface area contributed by atoms with Gasteiger partial charge in [-0.15, -0.1) is 0 Å². The van der Waals surface area contributed by atoms with E-state index in [2.05, 4.69) is 0 Å². The first-order valence-electron chi connectivity index (χ1n) is 8.06. The van der Waals surface area contributed by atoms with Gasteiger partial charge in [0, 0.05) is 36.6 Å². The van der Waals surface area contributed by atoms with E-state index in [4.69, 9.17) is 18.9 Å². The minimum absolute atomic E-state index is 0.161. The second kappa shape index (κ2) is 10.2. The Kier molecular flexibility index (Phi) is 8.32. The third-order valence-electron chi connectivity index (χ3n) is 3.28. The Morgan fingerprint density at radius 3 is 1.76 bits per heavy atom. The van der Waals surface area contributed by atoms with Gasteiger partial charge in [-0.1, -0.05) is 0 Å². The number of anilines is 1. The molecule has 0 aromatic heterocycles. The average molecular weight is 351 g/mol. The van der Waals surface area contributed by atoms with Crippen molar-refractivity contribution in [2.75, 3.05) is 38.9 Å². The van der Waals surface area contributed by atoms with Gasteiger partial charge >= 0.3 is 11.9 Å². The van der Waals surface area contributed by atoms with Crippen molar-refractivity contribution in [1.29, 1.82) is 0 Å². The number of benzene rings is 1. The van der Waals surface area contributed by atoms with Crippen LogP contribution in [-0.4, -0.2) is 45.9 Å². The van der Waals surface area contributed by atoms with E-state index in [1.807, 2.05) is 6.92 Å². The summed E-state index contributed by atoms with van der Waals surface area (Å²) in [4.78, 5) is 26.0. The second-order valence-electron chi connectivity index (χ2n) is 4.84. The second-order valence-corrected chi connectivity index (χ2v) is 4.84. The number of nitrogens with zero attached hydrogens (tertiary/aromatic N) is 1. The Morgan fingerprint density at radius 2 is 1.40 bits per heavy atom. The summed E-state index contributed by atoms with van der Waals surface area (Å²) in [7, 11) is 3.10. The SMILES string of the molecule is CCOC(=O)C(=CN(CC)c1cc(OC)cc(OC)c1)C(=O)OCC. The van der Waals surface area contributed by atoms with Crippen molar-refractivity contribution < 1.29 is 28.5 Å². The fraction of sp³-hybridized carbons (Fsp3) is 0.444. The highest BCUT2D eigenvalue weighted by Gasteiger charge is 2.22. The molecule has 1 aromatic carbocycles. The Bertz CT molecular complexity index is 584. The first-order chi connectivity index (χ1) is 12.0. The maximum atomic E-state index is 12.1. The molecule has 7 heteroatoms. The molecule has 0 saturated heterocycles. The fourth-order valence-electron chi connectivity index (χ4n) is 2.07. The molecule has 138 valence electrons. The zero-order chi connectivity index (χ0) is 18.8. The number of ether oxygens (including phenoxy) is 4. The van der Waals surface area contributed by atoms with Gasteiger partial charge in [0.2, 0.25) is 0 Å². The van der Waals surface area contributed by atoms with E-state index in [0.29, 0.717) is 23.7 Å². The molecule has 25 heavy (non-hydrogen) atoms. The van der Waals surface area contributed by atoms with Crippen LogP contribution in [0.4, 0.5) is 5.69 Å². The third-order valence-corrected chi connectivity index (χ3v) is 3.28. The minimum Gasteiger partial charge on any atom is -0.497 e. The Hall–Kier alpha value is -2.70. The van der Waals surface area contributed by atoms with Crippen LogP contribution < -0.4 is 14.4 Å². The van der Waals surface area contributed by atoms with Crippen LogP contribution in [0.1, 0.15) is 20.8 Å². The van der Waals surface area contributed by atoms with Crippen molar-refractivity contribution in [3.8, 4) is 11.5 Å². The summed E-state index contributed by atoms with van der Waals surface area (Å²) in [5, 5.41) is 0. The summed E-state index contributed by atoms with van der Waals surface area (Å²) in [5.74, 6) is -0.270. The van der Waals surface area contributed by atoms with Crippen LogP contribution in [0.5, 0.6) is 11.5 Å². The summed E-state index contributed by atoms with van der Waals surface area (Å²) >= 11 is 0. The number of hydrogen-bond donors (Lipinski definition) is 0. The van der Waals surface area contributed by atoms with Gasteiger partial charge in [0.1, 0.15) is 11.5 Å². The van der Waals surface area contributed by atoms with Crippen LogP contribution in [0, 0.1) is 0 Å². The fourth-order valence-corrected chi connectivity index (χ4v) is 2.07. The van der Waals surface area contributed by atoms with Gasteiger partial charge in [0.25, 0.3) is 0 Å². The van der Waals surface area contributed by atoms with Gasteiger partial charge in [0.15, 0.2) is 5.57 Å². The van der Waals surface area contributed by atoms with Gasteiger partial charge in [-0.25, -0.2) is 9.59 Å². The van der Waals surface area contributed by atoms with Crippen LogP contribution in [0.2, 0.25) is 0 Å². The highest BCUT2D eigenvalue weighted by atomic mass is 16.6. The normalized spacial score (nSPS) is 9.80. The molecule has 0 radical (unpaired) electrons. The van der Waals surface area contributed by atoms with Gasteiger partial charge < -0.3 is 23.8 Å². The predicted molar refractivity (Wildman–Crippen MR) is 93.9 cm³/mol. The maximum absolute atomic E-state index is 12.1. The zero-order valence-corrected chi connectivity index (χ0v) is 15.3. The predicted octanol–water partition coefficient (Wildman–Crippen LogP) is 2.54. The van der Waals surface area contributed by atoms with Gasteiger partial charge in [-0.3, -0.25) is 0 Å². The van der Waals surface area contributed by atoms with Crippen LogP contribution in [0.25, 0.3) is 0 Å². The average Bonchev–Trinajstić information content (AvgIpc) is 2.62. The van der Waals surface area contributed by atoms with Crippen molar-refractivity contribution in [1.82, 2.24) is 0 Å². The van der Waals surface area contributed by atoms with E-state index in [0.717, 1.165) is 0 Å². The largest absolute Gasteiger partial charge is 0.497 e. The van der Waals surface area contributed by atoms with Crippen molar-refractivity contribution in [2.45, 2.75) is 20.8 Å². The standard InChI is InChI=1S/C18H25NO6/c1-6-19(13-9-14(22-4)11-15(10-13)23-5)12-16(17(20)24-7-2)18(21)25-8-3/h9-12H,6-8H2,1-5H3. The lowest BCUT2D eigenvalue weighted by molar-refractivity contribution is -0.146. The summed E-state index contributed by atoms with van der Waals surface area (Å²) in [6, 6.07) is 5.28. The van der Waals surface area contributed by atoms with E-state index < -0.39 is 11.9 Å². The van der Waals surface area contributed by atoms with Crippen LogP contribution in [0.15, 0.2) is 30.0 Å². The van der Waals surface area contributed by atoms with Gasteiger partial charge in [-0.05, 0) is 20.8 Å². The topological polar surface area (TPSA) is 74.3 Å². The zero-order valence-electron chi connectivity index (χ0n) is 15.3. The van der Waals surface area contributed by atoms with E-state index in [1.54, 1.807) is 51.2 Å². The molecule has 0 aliphatic carbocycles. The molecule has 1 aromatic rings. The Morgan fingerprint density at radius 1 is 0.920 bits per heavy atom. The van der Waals surface area contributed by atoms with Crippen molar-refractivity contribution in [3.63, 3.8) is 0 Å². The highest BCUT2D eigenvalue weighted by molar-refractivity contribution is 6.14. The molecular weight excluding hydrogens is 326 g/mol. The van der Waals surface area contributed by atoms with Crippen LogP contribution >= 0.6 is 0 Å². The monoisotopic (exact) mass is 351 g/mol. The first-order valence-corrected chi connectivity index (χ1v) is 8.06. The van der Waals surface area contributed by atoms with Gasteiger partial charge in [-0.2, -0.15) is 0 Å². The molecule has 0 aliphatic rings. The number of hydrogen-bond acceptors (Lipinski definition) is 7. The number of esters is 2. The number of rotatable bonds is 9. The highest BCUT2D eigenvalue weighted by Crippen LogP contribution is 2.29. The van der Waals surface area contributed by atoms with Crippen LogP contribution in [-0.2, 0) is 19.1 Å². The van der Waals surface area contributed by atoms with Crippen molar-refractivity contribution in [2.24, 2.45) is 0 Å². The lowest BCUT2D eigenvalue weighted by atomic mass is 10.2. The molecule has 1 rings (SSSR count). The smallest absolute Gasteiger partial charge is 0.347 e. The van der Waals surface area contributed by atoms with Crippen molar-refractivity contribution >= 4 is 17.6 Å².